The summed E-state index contributed by atoms with van der Waals surface area (Å²) in [6, 6.07) is 12.2. The van der Waals surface area contributed by atoms with E-state index >= 15 is 0 Å². The minimum absolute atomic E-state index is 0.202. The summed E-state index contributed by atoms with van der Waals surface area (Å²) in [5.74, 6) is 0.417. The van der Waals surface area contributed by atoms with Crippen LogP contribution >= 0.6 is 15.9 Å². The van der Waals surface area contributed by atoms with Crippen LogP contribution in [0, 0.1) is 0 Å². The van der Waals surface area contributed by atoms with E-state index in [2.05, 4.69) is 21.2 Å². The van der Waals surface area contributed by atoms with Crippen molar-refractivity contribution in [2.75, 3.05) is 6.79 Å². The molecule has 1 aliphatic heterocycles. The number of fused-ring (bicyclic) bond motifs is 1. The molecule has 7 heteroatoms. The van der Waals surface area contributed by atoms with Gasteiger partial charge in [0.25, 0.3) is 5.91 Å². The molecule has 2 aromatic carbocycles. The van der Waals surface area contributed by atoms with Crippen LogP contribution in [0.15, 0.2) is 46.9 Å². The fourth-order valence-corrected chi connectivity index (χ4v) is 2.68. The van der Waals surface area contributed by atoms with Gasteiger partial charge in [0.05, 0.1) is 5.56 Å². The molecule has 0 fully saturated rings. The Labute approximate surface area is 153 Å². The summed E-state index contributed by atoms with van der Waals surface area (Å²) >= 11 is 3.29. The Morgan fingerprint density at radius 2 is 2.00 bits per heavy atom. The maximum absolute atomic E-state index is 12.1. The third kappa shape index (κ3) is 4.30. The number of carbonyl (C=O) groups is 2. The minimum atomic E-state index is -0.902. The zero-order valence-corrected chi connectivity index (χ0v) is 15.0. The summed E-state index contributed by atoms with van der Waals surface area (Å²) in [7, 11) is 0. The molecule has 0 bridgehead atoms. The molecule has 0 saturated carbocycles. The van der Waals surface area contributed by atoms with Crippen LogP contribution in [0.4, 0.5) is 0 Å². The Balaban J connectivity index is 1.53. The Kier molecular flexibility index (Phi) is 5.23. The average Bonchev–Trinajstić information content (AvgIpc) is 3.07. The van der Waals surface area contributed by atoms with Gasteiger partial charge in [-0.1, -0.05) is 28.1 Å². The Morgan fingerprint density at radius 3 is 2.80 bits per heavy atom. The topological polar surface area (TPSA) is 73.9 Å². The second-order valence-electron chi connectivity index (χ2n) is 5.46. The molecule has 3 rings (SSSR count). The summed E-state index contributed by atoms with van der Waals surface area (Å²) in [5.41, 5.74) is 1.24. The SMILES string of the molecule is C[C@H](OC(=O)c1cccc(Br)c1)C(=O)NCc1ccc2c(c1)OCO2. The van der Waals surface area contributed by atoms with Gasteiger partial charge in [0.1, 0.15) is 0 Å². The van der Waals surface area contributed by atoms with E-state index in [1.165, 1.54) is 6.92 Å². The van der Waals surface area contributed by atoms with Gasteiger partial charge in [-0.15, -0.1) is 0 Å². The monoisotopic (exact) mass is 405 g/mol. The van der Waals surface area contributed by atoms with Crippen LogP contribution in [-0.4, -0.2) is 24.8 Å². The van der Waals surface area contributed by atoms with Crippen molar-refractivity contribution in [3.05, 3.63) is 58.1 Å². The summed E-state index contributed by atoms with van der Waals surface area (Å²) in [6.45, 7) is 2.03. The number of benzene rings is 2. The molecule has 0 unspecified atom stereocenters. The molecule has 2 aromatic rings. The maximum atomic E-state index is 12.1. The molecule has 6 nitrogen and oxygen atoms in total. The van der Waals surface area contributed by atoms with Crippen LogP contribution in [0.3, 0.4) is 0 Å². The molecular formula is C18H16BrNO5. The molecule has 0 radical (unpaired) electrons. The third-order valence-corrected chi connectivity index (χ3v) is 4.11. The molecule has 25 heavy (non-hydrogen) atoms. The van der Waals surface area contributed by atoms with E-state index in [9.17, 15) is 9.59 Å². The predicted molar refractivity (Wildman–Crippen MR) is 93.4 cm³/mol. The second-order valence-corrected chi connectivity index (χ2v) is 6.38. The number of ether oxygens (including phenoxy) is 3. The highest BCUT2D eigenvalue weighted by Gasteiger charge is 2.19. The molecular weight excluding hydrogens is 390 g/mol. The van der Waals surface area contributed by atoms with Crippen molar-refractivity contribution in [3.8, 4) is 11.5 Å². The zero-order valence-electron chi connectivity index (χ0n) is 13.5. The largest absolute Gasteiger partial charge is 0.454 e. The molecule has 1 atom stereocenters. The zero-order chi connectivity index (χ0) is 17.8. The fraction of sp³-hybridized carbons (Fsp3) is 0.222. The molecule has 0 aliphatic carbocycles. The van der Waals surface area contributed by atoms with E-state index in [-0.39, 0.29) is 12.7 Å². The normalized spacial score (nSPS) is 13.2. The standard InChI is InChI=1S/C18H16BrNO5/c1-11(25-18(22)13-3-2-4-14(19)8-13)17(21)20-9-12-5-6-15-16(7-12)24-10-23-15/h2-8,11H,9-10H2,1H3,(H,20,21)/t11-/m0/s1. The van der Waals surface area contributed by atoms with Crippen molar-refractivity contribution in [1.29, 1.82) is 0 Å². The molecule has 0 spiro atoms. The van der Waals surface area contributed by atoms with Crippen molar-refractivity contribution >= 4 is 27.8 Å². The molecule has 0 saturated heterocycles. The summed E-state index contributed by atoms with van der Waals surface area (Å²) in [5, 5.41) is 2.74. The van der Waals surface area contributed by atoms with Gasteiger partial charge in [-0.25, -0.2) is 4.79 Å². The second kappa shape index (κ2) is 7.57. The van der Waals surface area contributed by atoms with Gasteiger partial charge >= 0.3 is 5.97 Å². The average molecular weight is 406 g/mol. The number of amides is 1. The van der Waals surface area contributed by atoms with E-state index in [1.54, 1.807) is 36.4 Å². The van der Waals surface area contributed by atoms with Gasteiger partial charge in [-0.05, 0) is 42.8 Å². The Bertz CT molecular complexity index is 808. The van der Waals surface area contributed by atoms with Crippen molar-refractivity contribution in [1.82, 2.24) is 5.32 Å². The van der Waals surface area contributed by atoms with Gasteiger partial charge in [-0.2, -0.15) is 0 Å². The summed E-state index contributed by atoms with van der Waals surface area (Å²) in [4.78, 5) is 24.2. The first-order valence-corrected chi connectivity index (χ1v) is 8.45. The van der Waals surface area contributed by atoms with Gasteiger partial charge in [0, 0.05) is 11.0 Å². The number of hydrogen-bond donors (Lipinski definition) is 1. The van der Waals surface area contributed by atoms with Crippen molar-refractivity contribution in [2.24, 2.45) is 0 Å². The summed E-state index contributed by atoms with van der Waals surface area (Å²) < 4.78 is 16.5. The number of hydrogen-bond acceptors (Lipinski definition) is 5. The fourth-order valence-electron chi connectivity index (χ4n) is 2.28. The smallest absolute Gasteiger partial charge is 0.338 e. The molecule has 130 valence electrons. The minimum Gasteiger partial charge on any atom is -0.454 e. The lowest BCUT2D eigenvalue weighted by atomic mass is 10.2. The van der Waals surface area contributed by atoms with Crippen molar-refractivity contribution in [2.45, 2.75) is 19.6 Å². The summed E-state index contributed by atoms with van der Waals surface area (Å²) in [6.07, 6.45) is -0.902. The Morgan fingerprint density at radius 1 is 1.20 bits per heavy atom. The predicted octanol–water partition coefficient (Wildman–Crippen LogP) is 3.04. The lowest BCUT2D eigenvalue weighted by Crippen LogP contribution is -2.35. The van der Waals surface area contributed by atoms with Crippen LogP contribution in [-0.2, 0) is 16.1 Å². The first-order valence-electron chi connectivity index (χ1n) is 7.66. The van der Waals surface area contributed by atoms with Crippen LogP contribution in [0.25, 0.3) is 0 Å². The van der Waals surface area contributed by atoms with E-state index in [4.69, 9.17) is 14.2 Å². The van der Waals surface area contributed by atoms with Crippen molar-refractivity contribution < 1.29 is 23.8 Å². The molecule has 1 heterocycles. The van der Waals surface area contributed by atoms with Crippen LogP contribution in [0.1, 0.15) is 22.8 Å². The van der Waals surface area contributed by atoms with E-state index in [1.807, 2.05) is 6.07 Å². The first-order chi connectivity index (χ1) is 12.0. The van der Waals surface area contributed by atoms with Gasteiger partial charge in [0.15, 0.2) is 17.6 Å². The lowest BCUT2D eigenvalue weighted by Gasteiger charge is -2.14. The number of esters is 1. The number of carbonyl (C=O) groups excluding carboxylic acids is 2. The molecule has 0 aromatic heterocycles. The highest BCUT2D eigenvalue weighted by Crippen LogP contribution is 2.32. The molecule has 1 amide bonds. The number of rotatable bonds is 5. The number of nitrogens with one attached hydrogen (secondary N) is 1. The van der Waals surface area contributed by atoms with E-state index < -0.39 is 12.1 Å². The van der Waals surface area contributed by atoms with Crippen LogP contribution in [0.2, 0.25) is 0 Å². The van der Waals surface area contributed by atoms with E-state index in [0.29, 0.717) is 23.6 Å². The van der Waals surface area contributed by atoms with Gasteiger partial charge < -0.3 is 19.5 Å². The molecule has 1 aliphatic rings. The highest BCUT2D eigenvalue weighted by atomic mass is 79.9. The van der Waals surface area contributed by atoms with Gasteiger partial charge in [0.2, 0.25) is 6.79 Å². The highest BCUT2D eigenvalue weighted by molar-refractivity contribution is 9.10. The van der Waals surface area contributed by atoms with E-state index in [0.717, 1.165) is 10.0 Å². The van der Waals surface area contributed by atoms with Gasteiger partial charge in [-0.3, -0.25) is 4.79 Å². The first kappa shape index (κ1) is 17.3. The van der Waals surface area contributed by atoms with Crippen LogP contribution < -0.4 is 14.8 Å². The Hall–Kier alpha value is -2.54. The third-order valence-electron chi connectivity index (χ3n) is 3.62. The lowest BCUT2D eigenvalue weighted by molar-refractivity contribution is -0.129. The maximum Gasteiger partial charge on any atom is 0.338 e. The van der Waals surface area contributed by atoms with Crippen LogP contribution in [0.5, 0.6) is 11.5 Å². The number of halogens is 1. The molecule has 1 N–H and O–H groups in total. The van der Waals surface area contributed by atoms with Crippen molar-refractivity contribution in [3.63, 3.8) is 0 Å². The quantitative estimate of drug-likeness (QED) is 0.773.